The van der Waals surface area contributed by atoms with Crippen LogP contribution in [0.3, 0.4) is 0 Å². The fourth-order valence-corrected chi connectivity index (χ4v) is 7.08. The number of nitrogens with one attached hydrogen (secondary N) is 1. The third-order valence-electron chi connectivity index (χ3n) is 7.14. The Morgan fingerprint density at radius 1 is 1.17 bits per heavy atom. The number of carbonyl (C=O) groups is 1. The lowest BCUT2D eigenvalue weighted by atomic mass is 9.40. The van der Waals surface area contributed by atoms with Gasteiger partial charge >= 0.3 is 0 Å². The van der Waals surface area contributed by atoms with Crippen molar-refractivity contribution < 1.29 is 14.3 Å². The third kappa shape index (κ3) is 3.88. The second-order valence-corrected chi connectivity index (χ2v) is 10.4. The molecule has 4 saturated carbocycles. The minimum Gasteiger partial charge on any atom is -0.493 e. The molecule has 1 aromatic rings. The SMILES string of the molecule is CCCOc1ccc(/C=N/NC(=O)C23CC4CC(C)(CC(C)(C4)C2)C3)cc1OC. The van der Waals surface area contributed by atoms with Crippen molar-refractivity contribution in [1.82, 2.24) is 5.43 Å². The van der Waals surface area contributed by atoms with Gasteiger partial charge in [0.25, 0.3) is 0 Å². The standard InChI is InChI=1S/C24H34N2O3/c1-5-8-29-19-7-6-17(9-20(19)28-4)13-25-26-21(27)24-12-18-10-22(2,15-24)14-23(3,11-18)16-24/h6-7,9,13,18H,5,8,10-12,14-16H2,1-4H3,(H,26,27)/b25-13+. The van der Waals surface area contributed by atoms with Gasteiger partial charge in [-0.25, -0.2) is 5.43 Å². The lowest BCUT2D eigenvalue weighted by molar-refractivity contribution is -0.170. The molecule has 1 amide bonds. The van der Waals surface area contributed by atoms with E-state index < -0.39 is 0 Å². The van der Waals surface area contributed by atoms with Crippen molar-refractivity contribution in [3.63, 3.8) is 0 Å². The molecule has 4 aliphatic carbocycles. The summed E-state index contributed by atoms with van der Waals surface area (Å²) in [5, 5.41) is 4.29. The number of nitrogens with zero attached hydrogens (tertiary/aromatic N) is 1. The quantitative estimate of drug-likeness (QED) is 0.523. The number of carbonyl (C=O) groups excluding carboxylic acids is 1. The van der Waals surface area contributed by atoms with Crippen molar-refractivity contribution in [2.75, 3.05) is 13.7 Å². The molecular formula is C24H34N2O3. The molecule has 0 spiro atoms. The van der Waals surface area contributed by atoms with Gasteiger partial charge in [0, 0.05) is 0 Å². The number of methoxy groups -OCH3 is 1. The molecule has 5 rings (SSSR count). The van der Waals surface area contributed by atoms with Gasteiger partial charge in [0.15, 0.2) is 11.5 Å². The Kier molecular flexibility index (Phi) is 5.12. The highest BCUT2D eigenvalue weighted by molar-refractivity contribution is 5.86. The van der Waals surface area contributed by atoms with Crippen molar-refractivity contribution in [2.24, 2.45) is 27.3 Å². The first-order valence-electron chi connectivity index (χ1n) is 10.9. The van der Waals surface area contributed by atoms with E-state index >= 15 is 0 Å². The maximum atomic E-state index is 13.2. The number of hydrogen-bond donors (Lipinski definition) is 1. The summed E-state index contributed by atoms with van der Waals surface area (Å²) in [5.74, 6) is 2.20. The van der Waals surface area contributed by atoms with Crippen molar-refractivity contribution in [3.05, 3.63) is 23.8 Å². The number of hydrazone groups is 1. The van der Waals surface area contributed by atoms with Crippen LogP contribution in [0.25, 0.3) is 0 Å². The second kappa shape index (κ2) is 7.33. The molecule has 1 aromatic carbocycles. The molecule has 29 heavy (non-hydrogen) atoms. The Labute approximate surface area is 174 Å². The van der Waals surface area contributed by atoms with Crippen LogP contribution in [0, 0.1) is 22.2 Å². The van der Waals surface area contributed by atoms with Crippen LogP contribution in [-0.4, -0.2) is 25.8 Å². The minimum atomic E-state index is -0.240. The van der Waals surface area contributed by atoms with Crippen LogP contribution in [0.2, 0.25) is 0 Å². The Balaban J connectivity index is 1.44. The highest BCUT2D eigenvalue weighted by Gasteiger charge is 2.62. The van der Waals surface area contributed by atoms with Crippen molar-refractivity contribution >= 4 is 12.1 Å². The summed E-state index contributed by atoms with van der Waals surface area (Å²) in [4.78, 5) is 13.2. The van der Waals surface area contributed by atoms with Crippen LogP contribution in [-0.2, 0) is 4.79 Å². The first-order valence-corrected chi connectivity index (χ1v) is 10.9. The predicted octanol–water partition coefficient (Wildman–Crippen LogP) is 4.93. The van der Waals surface area contributed by atoms with Crippen LogP contribution in [0.4, 0.5) is 0 Å². The monoisotopic (exact) mass is 398 g/mol. The third-order valence-corrected chi connectivity index (χ3v) is 7.14. The summed E-state index contributed by atoms with van der Waals surface area (Å²) in [6.45, 7) is 7.49. The van der Waals surface area contributed by atoms with Crippen molar-refractivity contribution in [1.29, 1.82) is 0 Å². The number of rotatable bonds is 7. The maximum absolute atomic E-state index is 13.2. The second-order valence-electron chi connectivity index (χ2n) is 10.4. The van der Waals surface area contributed by atoms with Crippen LogP contribution in [0.5, 0.6) is 11.5 Å². The van der Waals surface area contributed by atoms with E-state index in [1.54, 1.807) is 13.3 Å². The maximum Gasteiger partial charge on any atom is 0.246 e. The first kappa shape index (κ1) is 20.2. The highest BCUT2D eigenvalue weighted by atomic mass is 16.5. The average molecular weight is 399 g/mol. The molecule has 2 atom stereocenters. The van der Waals surface area contributed by atoms with Gasteiger partial charge in [0.1, 0.15) is 0 Å². The zero-order chi connectivity index (χ0) is 20.7. The Hall–Kier alpha value is -2.04. The normalized spacial score (nSPS) is 35.1. The van der Waals surface area contributed by atoms with Gasteiger partial charge in [-0.05, 0) is 85.5 Å². The van der Waals surface area contributed by atoms with E-state index in [-0.39, 0.29) is 11.3 Å². The van der Waals surface area contributed by atoms with E-state index in [2.05, 4.69) is 31.3 Å². The summed E-state index contributed by atoms with van der Waals surface area (Å²) >= 11 is 0. The van der Waals surface area contributed by atoms with Gasteiger partial charge in [-0.3, -0.25) is 4.79 Å². The van der Waals surface area contributed by atoms with Crippen LogP contribution >= 0.6 is 0 Å². The van der Waals surface area contributed by atoms with E-state index in [0.29, 0.717) is 29.1 Å². The number of ether oxygens (including phenoxy) is 2. The Bertz CT molecular complexity index is 800. The zero-order valence-electron chi connectivity index (χ0n) is 18.2. The van der Waals surface area contributed by atoms with Gasteiger partial charge in [-0.15, -0.1) is 0 Å². The fraction of sp³-hybridized carbons (Fsp3) is 0.667. The van der Waals surface area contributed by atoms with Crippen molar-refractivity contribution in [2.45, 2.75) is 65.7 Å². The van der Waals surface area contributed by atoms with E-state index in [9.17, 15) is 4.79 Å². The lowest BCUT2D eigenvalue weighted by Crippen LogP contribution is -2.59. The zero-order valence-corrected chi connectivity index (χ0v) is 18.2. The number of benzene rings is 1. The number of hydrogen-bond acceptors (Lipinski definition) is 4. The van der Waals surface area contributed by atoms with E-state index in [0.717, 1.165) is 37.0 Å². The molecule has 0 radical (unpaired) electrons. The molecule has 0 aliphatic heterocycles. The van der Waals surface area contributed by atoms with Crippen LogP contribution in [0.1, 0.15) is 71.3 Å². The highest BCUT2D eigenvalue weighted by Crippen LogP contribution is 2.69. The number of amides is 1. The summed E-state index contributed by atoms with van der Waals surface area (Å²) in [7, 11) is 1.63. The molecular weight excluding hydrogens is 364 g/mol. The molecule has 2 unspecified atom stereocenters. The smallest absolute Gasteiger partial charge is 0.246 e. The lowest BCUT2D eigenvalue weighted by Gasteiger charge is -2.64. The van der Waals surface area contributed by atoms with Crippen molar-refractivity contribution in [3.8, 4) is 11.5 Å². The molecule has 4 bridgehead atoms. The molecule has 5 heteroatoms. The van der Waals surface area contributed by atoms with Gasteiger partial charge in [0.05, 0.1) is 25.3 Å². The summed E-state index contributed by atoms with van der Waals surface area (Å²) in [6, 6.07) is 5.70. The van der Waals surface area contributed by atoms with Crippen LogP contribution in [0.15, 0.2) is 23.3 Å². The molecule has 1 N–H and O–H groups in total. The van der Waals surface area contributed by atoms with Gasteiger partial charge in [-0.2, -0.15) is 5.10 Å². The van der Waals surface area contributed by atoms with Gasteiger partial charge in [-0.1, -0.05) is 20.8 Å². The average Bonchev–Trinajstić information content (AvgIpc) is 2.63. The van der Waals surface area contributed by atoms with E-state index in [1.165, 1.54) is 19.3 Å². The van der Waals surface area contributed by atoms with Crippen LogP contribution < -0.4 is 14.9 Å². The summed E-state index contributed by atoms with van der Waals surface area (Å²) in [6.07, 6.45) is 9.50. The fourth-order valence-electron chi connectivity index (χ4n) is 7.08. The molecule has 5 nitrogen and oxygen atoms in total. The topological polar surface area (TPSA) is 59.9 Å². The molecule has 4 fully saturated rings. The van der Waals surface area contributed by atoms with Gasteiger partial charge in [0.2, 0.25) is 5.91 Å². The molecule has 0 heterocycles. The summed E-state index contributed by atoms with van der Waals surface area (Å²) < 4.78 is 11.1. The molecule has 158 valence electrons. The Morgan fingerprint density at radius 3 is 2.52 bits per heavy atom. The van der Waals surface area contributed by atoms with E-state index in [4.69, 9.17) is 9.47 Å². The summed E-state index contributed by atoms with van der Waals surface area (Å²) in [5.41, 5.74) is 4.13. The predicted molar refractivity (Wildman–Crippen MR) is 114 cm³/mol. The molecule has 0 aromatic heterocycles. The van der Waals surface area contributed by atoms with E-state index in [1.807, 2.05) is 18.2 Å². The van der Waals surface area contributed by atoms with Gasteiger partial charge < -0.3 is 9.47 Å². The first-order chi connectivity index (χ1) is 13.8. The Morgan fingerprint density at radius 2 is 1.90 bits per heavy atom. The minimum absolute atomic E-state index is 0.102. The molecule has 4 aliphatic rings. The molecule has 0 saturated heterocycles. The largest absolute Gasteiger partial charge is 0.493 e.